The van der Waals surface area contributed by atoms with Crippen molar-refractivity contribution in [1.29, 1.82) is 0 Å². The van der Waals surface area contributed by atoms with Gasteiger partial charge in [0.1, 0.15) is 0 Å². The quantitative estimate of drug-likeness (QED) is 0.459. The lowest BCUT2D eigenvalue weighted by molar-refractivity contribution is -0.143. The maximum Gasteiger partial charge on any atom is 0.401 e. The highest BCUT2D eigenvalue weighted by Gasteiger charge is 2.34. The third kappa shape index (κ3) is 7.82. The van der Waals surface area contributed by atoms with E-state index in [-0.39, 0.29) is 12.0 Å². The van der Waals surface area contributed by atoms with E-state index >= 15 is 0 Å². The van der Waals surface area contributed by atoms with E-state index < -0.39 is 12.7 Å². The number of amides is 1. The summed E-state index contributed by atoms with van der Waals surface area (Å²) >= 11 is 0. The van der Waals surface area contributed by atoms with Gasteiger partial charge in [-0.05, 0) is 26.2 Å². The van der Waals surface area contributed by atoms with E-state index in [1.54, 1.807) is 0 Å². The van der Waals surface area contributed by atoms with Crippen LogP contribution in [0.1, 0.15) is 39.0 Å². The van der Waals surface area contributed by atoms with Crippen molar-refractivity contribution in [3.05, 3.63) is 0 Å². The Kier molecular flexibility index (Phi) is 8.83. The maximum absolute atomic E-state index is 12.6. The van der Waals surface area contributed by atoms with Gasteiger partial charge in [-0.25, -0.2) is 0 Å². The average Bonchev–Trinajstić information content (AvgIpc) is 3.39. The molecule has 2 N–H and O–H groups in total. The molecule has 0 aromatic rings. The molecule has 1 unspecified atom stereocenters. The van der Waals surface area contributed by atoms with Crippen LogP contribution in [0.4, 0.5) is 13.2 Å². The Balaban J connectivity index is 1.37. The van der Waals surface area contributed by atoms with Crippen molar-refractivity contribution in [2.75, 3.05) is 65.4 Å². The highest BCUT2D eigenvalue weighted by atomic mass is 19.4. The Bertz CT molecular complexity index is 600. The molecule has 0 aromatic heterocycles. The lowest BCUT2D eigenvalue weighted by atomic mass is 10.1. The Morgan fingerprint density at radius 3 is 2.39 bits per heavy atom. The summed E-state index contributed by atoms with van der Waals surface area (Å²) in [6, 6.07) is -0.0229. The van der Waals surface area contributed by atoms with Gasteiger partial charge in [-0.3, -0.25) is 19.6 Å². The van der Waals surface area contributed by atoms with Gasteiger partial charge >= 0.3 is 6.18 Å². The number of nitrogens with zero attached hydrogens (tertiary/aromatic N) is 4. The molecule has 31 heavy (non-hydrogen) atoms. The lowest BCUT2D eigenvalue weighted by Crippen LogP contribution is -2.50. The third-order valence-electron chi connectivity index (χ3n) is 6.43. The van der Waals surface area contributed by atoms with Crippen molar-refractivity contribution >= 4 is 11.9 Å². The second kappa shape index (κ2) is 11.4. The Morgan fingerprint density at radius 2 is 1.74 bits per heavy atom. The summed E-state index contributed by atoms with van der Waals surface area (Å²) in [7, 11) is 0. The smallest absolute Gasteiger partial charge is 0.357 e. The molecule has 2 saturated heterocycles. The molecule has 0 aromatic carbocycles. The van der Waals surface area contributed by atoms with Crippen molar-refractivity contribution in [3.63, 3.8) is 0 Å². The molecule has 7 nitrogen and oxygen atoms in total. The SMILES string of the molecule is CCNC(=NCCN1CCN(C(=O)C2CCCC2)CC1)NC1CCN(CC(F)(F)F)C1. The van der Waals surface area contributed by atoms with Crippen LogP contribution in [0.3, 0.4) is 0 Å². The van der Waals surface area contributed by atoms with Crippen LogP contribution in [0.2, 0.25) is 0 Å². The predicted octanol–water partition coefficient (Wildman–Crippen LogP) is 1.51. The highest BCUT2D eigenvalue weighted by Crippen LogP contribution is 2.27. The van der Waals surface area contributed by atoms with Gasteiger partial charge in [-0.2, -0.15) is 13.2 Å². The number of rotatable bonds is 7. The number of hydrogen-bond acceptors (Lipinski definition) is 4. The minimum atomic E-state index is -4.15. The zero-order valence-corrected chi connectivity index (χ0v) is 18.6. The molecule has 1 amide bonds. The summed E-state index contributed by atoms with van der Waals surface area (Å²) < 4.78 is 37.8. The van der Waals surface area contributed by atoms with Crippen LogP contribution < -0.4 is 10.6 Å². The van der Waals surface area contributed by atoms with Gasteiger partial charge in [0.25, 0.3) is 0 Å². The molecule has 1 saturated carbocycles. The molecule has 0 bridgehead atoms. The van der Waals surface area contributed by atoms with Crippen molar-refractivity contribution in [1.82, 2.24) is 25.3 Å². The number of alkyl halides is 3. The standard InChI is InChI=1S/C21H37F3N6O/c1-2-25-20(27-18-7-9-29(15-18)16-21(22,23)24)26-8-10-28-11-13-30(14-12-28)19(31)17-5-3-4-6-17/h17-18H,2-16H2,1H3,(H2,25,26,27). The molecule has 3 aliphatic rings. The Labute approximate surface area is 183 Å². The van der Waals surface area contributed by atoms with Crippen molar-refractivity contribution in [2.24, 2.45) is 10.9 Å². The van der Waals surface area contributed by atoms with Crippen LogP contribution in [0, 0.1) is 5.92 Å². The largest absolute Gasteiger partial charge is 0.401 e. The van der Waals surface area contributed by atoms with E-state index in [0.29, 0.717) is 44.5 Å². The van der Waals surface area contributed by atoms with E-state index in [9.17, 15) is 18.0 Å². The first-order valence-corrected chi connectivity index (χ1v) is 11.7. The number of aliphatic imine (C=N–C) groups is 1. The van der Waals surface area contributed by atoms with E-state index in [0.717, 1.165) is 45.6 Å². The van der Waals surface area contributed by atoms with Crippen LogP contribution in [-0.2, 0) is 4.79 Å². The molecular weight excluding hydrogens is 409 g/mol. The van der Waals surface area contributed by atoms with Crippen molar-refractivity contribution in [2.45, 2.75) is 51.2 Å². The zero-order chi connectivity index (χ0) is 22.3. The highest BCUT2D eigenvalue weighted by molar-refractivity contribution is 5.80. The predicted molar refractivity (Wildman–Crippen MR) is 115 cm³/mol. The summed E-state index contributed by atoms with van der Waals surface area (Å²) in [4.78, 5) is 23.0. The molecule has 10 heteroatoms. The molecule has 2 heterocycles. The second-order valence-electron chi connectivity index (χ2n) is 8.89. The molecule has 178 valence electrons. The number of carbonyl (C=O) groups excluding carboxylic acids is 1. The van der Waals surface area contributed by atoms with Crippen LogP contribution in [-0.4, -0.2) is 104 Å². The fraction of sp³-hybridized carbons (Fsp3) is 0.905. The minimum absolute atomic E-state index is 0.0229. The van der Waals surface area contributed by atoms with Crippen LogP contribution >= 0.6 is 0 Å². The van der Waals surface area contributed by atoms with E-state index in [2.05, 4.69) is 20.5 Å². The van der Waals surface area contributed by atoms with Gasteiger partial charge in [0.2, 0.25) is 5.91 Å². The molecular formula is C21H37F3N6O. The molecule has 3 fully saturated rings. The van der Waals surface area contributed by atoms with Gasteiger partial charge in [0.15, 0.2) is 5.96 Å². The lowest BCUT2D eigenvalue weighted by Gasteiger charge is -2.35. The number of nitrogens with one attached hydrogen (secondary N) is 2. The van der Waals surface area contributed by atoms with Gasteiger partial charge in [-0.1, -0.05) is 12.8 Å². The van der Waals surface area contributed by atoms with E-state index in [4.69, 9.17) is 0 Å². The van der Waals surface area contributed by atoms with Gasteiger partial charge in [0, 0.05) is 64.3 Å². The maximum atomic E-state index is 12.6. The van der Waals surface area contributed by atoms with Crippen LogP contribution in [0.25, 0.3) is 0 Å². The third-order valence-corrected chi connectivity index (χ3v) is 6.43. The molecule has 0 radical (unpaired) electrons. The normalized spacial score (nSPS) is 24.7. The summed E-state index contributed by atoms with van der Waals surface area (Å²) in [5.74, 6) is 1.24. The number of likely N-dealkylation sites (tertiary alicyclic amines) is 1. The average molecular weight is 447 g/mol. The minimum Gasteiger partial charge on any atom is -0.357 e. The summed E-state index contributed by atoms with van der Waals surface area (Å²) in [6.45, 7) is 7.38. The number of halogens is 3. The van der Waals surface area contributed by atoms with Crippen molar-refractivity contribution in [3.8, 4) is 0 Å². The van der Waals surface area contributed by atoms with E-state index in [1.807, 2.05) is 11.8 Å². The fourth-order valence-electron chi connectivity index (χ4n) is 4.79. The number of guanidine groups is 1. The topological polar surface area (TPSA) is 63.2 Å². The van der Waals surface area contributed by atoms with Crippen LogP contribution in [0.15, 0.2) is 4.99 Å². The number of carbonyl (C=O) groups is 1. The second-order valence-corrected chi connectivity index (χ2v) is 8.89. The molecule has 2 aliphatic heterocycles. The summed E-state index contributed by atoms with van der Waals surface area (Å²) in [5.41, 5.74) is 0. The van der Waals surface area contributed by atoms with Gasteiger partial charge < -0.3 is 15.5 Å². The summed E-state index contributed by atoms with van der Waals surface area (Å²) in [6.07, 6.45) is 0.970. The van der Waals surface area contributed by atoms with E-state index in [1.165, 1.54) is 17.7 Å². The summed E-state index contributed by atoms with van der Waals surface area (Å²) in [5, 5.41) is 6.47. The molecule has 1 aliphatic carbocycles. The first kappa shape index (κ1) is 24.1. The van der Waals surface area contributed by atoms with Gasteiger partial charge in [0.05, 0.1) is 13.1 Å². The molecule has 0 spiro atoms. The number of piperazine rings is 1. The Hall–Kier alpha value is -1.55. The van der Waals surface area contributed by atoms with Crippen LogP contribution in [0.5, 0.6) is 0 Å². The zero-order valence-electron chi connectivity index (χ0n) is 18.6. The monoisotopic (exact) mass is 446 g/mol. The first-order chi connectivity index (χ1) is 14.8. The Morgan fingerprint density at radius 1 is 1.03 bits per heavy atom. The molecule has 1 atom stereocenters. The fourth-order valence-corrected chi connectivity index (χ4v) is 4.79. The number of hydrogen-bond donors (Lipinski definition) is 2. The first-order valence-electron chi connectivity index (χ1n) is 11.7. The molecule has 3 rings (SSSR count). The van der Waals surface area contributed by atoms with Gasteiger partial charge in [-0.15, -0.1) is 0 Å². The van der Waals surface area contributed by atoms with Crippen molar-refractivity contribution < 1.29 is 18.0 Å².